The van der Waals surface area contributed by atoms with E-state index in [0.717, 1.165) is 44.0 Å². The van der Waals surface area contributed by atoms with Crippen LogP contribution in [-0.2, 0) is 6.42 Å². The quantitative estimate of drug-likeness (QED) is 0.0960. The van der Waals surface area contributed by atoms with Gasteiger partial charge in [0.2, 0.25) is 0 Å². The molecule has 0 amide bonds. The van der Waals surface area contributed by atoms with Gasteiger partial charge in [-0.2, -0.15) is 0 Å². The van der Waals surface area contributed by atoms with Gasteiger partial charge in [0.1, 0.15) is 11.5 Å². The number of rotatable bonds is 29. The number of hydrogen-bond acceptors (Lipinski definition) is 2. The fourth-order valence-electron chi connectivity index (χ4n) is 5.21. The van der Waals surface area contributed by atoms with Crippen LogP contribution in [0.5, 0.6) is 11.5 Å². The third-order valence-electron chi connectivity index (χ3n) is 7.76. The summed E-state index contributed by atoms with van der Waals surface area (Å²) in [6, 6.07) is 6.33. The average Bonchev–Trinajstić information content (AvgIpc) is 2.93. The number of unbranched alkanes of at least 4 members (excludes halogenated alkanes) is 22. The molecule has 0 aliphatic rings. The van der Waals surface area contributed by atoms with E-state index in [0.29, 0.717) is 0 Å². The van der Waals surface area contributed by atoms with E-state index in [1.807, 2.05) is 0 Å². The van der Waals surface area contributed by atoms with Crippen molar-refractivity contribution in [2.75, 3.05) is 13.2 Å². The zero-order valence-electron chi connectivity index (χ0n) is 25.8. The summed E-state index contributed by atoms with van der Waals surface area (Å²) >= 11 is 0. The van der Waals surface area contributed by atoms with Gasteiger partial charge in [0.05, 0.1) is 13.2 Å². The predicted octanol–water partition coefficient (Wildman–Crippen LogP) is 12.2. The van der Waals surface area contributed by atoms with E-state index in [2.05, 4.69) is 39.0 Å². The fourth-order valence-corrected chi connectivity index (χ4v) is 5.21. The second-order valence-corrected chi connectivity index (χ2v) is 11.5. The summed E-state index contributed by atoms with van der Waals surface area (Å²) in [6.07, 6.45) is 33.7. The zero-order chi connectivity index (χ0) is 27.4. The van der Waals surface area contributed by atoms with Crippen molar-refractivity contribution in [3.63, 3.8) is 0 Å². The van der Waals surface area contributed by atoms with Gasteiger partial charge in [-0.05, 0) is 43.9 Å². The maximum Gasteiger partial charge on any atom is 0.123 e. The lowest BCUT2D eigenvalue weighted by Gasteiger charge is -2.12. The molecule has 38 heavy (non-hydrogen) atoms. The molecule has 0 saturated heterocycles. The van der Waals surface area contributed by atoms with Crippen molar-refractivity contribution in [3.05, 3.63) is 30.7 Å². The highest BCUT2D eigenvalue weighted by molar-refractivity contribution is 5.38. The van der Waals surface area contributed by atoms with Crippen molar-refractivity contribution in [1.29, 1.82) is 0 Å². The van der Waals surface area contributed by atoms with Gasteiger partial charge >= 0.3 is 0 Å². The third kappa shape index (κ3) is 21.7. The summed E-state index contributed by atoms with van der Waals surface area (Å²) in [5.74, 6) is 1.89. The minimum absolute atomic E-state index is 0.769. The first-order chi connectivity index (χ1) is 18.8. The number of hydrogen-bond donors (Lipinski definition) is 0. The minimum Gasteiger partial charge on any atom is -0.493 e. The maximum absolute atomic E-state index is 6.09. The molecule has 2 heteroatoms. The molecule has 1 radical (unpaired) electrons. The number of ether oxygens (including phenoxy) is 2. The van der Waals surface area contributed by atoms with Crippen molar-refractivity contribution in [1.82, 2.24) is 0 Å². The lowest BCUT2D eigenvalue weighted by molar-refractivity contribution is 0.289. The Labute approximate surface area is 239 Å². The molecule has 0 heterocycles. The van der Waals surface area contributed by atoms with Crippen LogP contribution in [0.25, 0.3) is 0 Å². The van der Waals surface area contributed by atoms with E-state index in [1.54, 1.807) is 0 Å². The normalized spacial score (nSPS) is 11.2. The van der Waals surface area contributed by atoms with Gasteiger partial charge < -0.3 is 9.47 Å². The topological polar surface area (TPSA) is 18.5 Å². The molecule has 0 bridgehead atoms. The highest BCUT2D eigenvalue weighted by atomic mass is 16.5. The second-order valence-electron chi connectivity index (χ2n) is 11.5. The van der Waals surface area contributed by atoms with Crippen LogP contribution in [0.4, 0.5) is 0 Å². The molecular formula is C36H65O2. The molecule has 1 aromatic carbocycles. The summed E-state index contributed by atoms with van der Waals surface area (Å²) in [5, 5.41) is 0. The van der Waals surface area contributed by atoms with Crippen LogP contribution in [0.3, 0.4) is 0 Å². The summed E-state index contributed by atoms with van der Waals surface area (Å²) < 4.78 is 12.2. The van der Waals surface area contributed by atoms with Gasteiger partial charge in [-0.15, -0.1) is 0 Å². The Balaban J connectivity index is 2.03. The molecule has 1 rings (SSSR count). The Morgan fingerprint density at radius 2 is 0.711 bits per heavy atom. The fraction of sp³-hybridized carbons (Fsp3) is 0.806. The smallest absolute Gasteiger partial charge is 0.123 e. The van der Waals surface area contributed by atoms with E-state index in [-0.39, 0.29) is 0 Å². The standard InChI is InChI=1S/C36H65O2/c1-4-7-9-11-13-15-17-19-21-23-25-27-29-37-35-31-34(6-3)32-36(33-35)38-30-28-26-24-22-20-18-16-14-12-10-8-5-2/h31-33H,3-30H2,1-2H3. The van der Waals surface area contributed by atoms with E-state index < -0.39 is 0 Å². The van der Waals surface area contributed by atoms with Crippen molar-refractivity contribution in [3.8, 4) is 11.5 Å². The summed E-state index contributed by atoms with van der Waals surface area (Å²) in [7, 11) is 0. The Kier molecular flexibility index (Phi) is 25.1. The van der Waals surface area contributed by atoms with Crippen LogP contribution in [0.15, 0.2) is 18.2 Å². The van der Waals surface area contributed by atoms with Crippen molar-refractivity contribution in [2.24, 2.45) is 0 Å². The molecule has 0 aliphatic heterocycles. The molecule has 0 fully saturated rings. The molecule has 221 valence electrons. The third-order valence-corrected chi connectivity index (χ3v) is 7.76. The van der Waals surface area contributed by atoms with E-state index in [1.165, 1.54) is 147 Å². The van der Waals surface area contributed by atoms with Gasteiger partial charge in [0, 0.05) is 6.07 Å². The first kappa shape index (κ1) is 34.8. The van der Waals surface area contributed by atoms with E-state index >= 15 is 0 Å². The molecule has 0 aromatic heterocycles. The summed E-state index contributed by atoms with van der Waals surface area (Å²) in [4.78, 5) is 0. The highest BCUT2D eigenvalue weighted by Gasteiger charge is 2.03. The molecule has 2 nitrogen and oxygen atoms in total. The molecule has 0 unspecified atom stereocenters. The molecule has 1 aromatic rings. The monoisotopic (exact) mass is 529 g/mol. The highest BCUT2D eigenvalue weighted by Crippen LogP contribution is 2.24. The van der Waals surface area contributed by atoms with Gasteiger partial charge in [-0.1, -0.05) is 155 Å². The summed E-state index contributed by atoms with van der Waals surface area (Å²) in [5.41, 5.74) is 1.20. The van der Waals surface area contributed by atoms with Crippen LogP contribution in [-0.4, -0.2) is 13.2 Å². The molecule has 0 atom stereocenters. The van der Waals surface area contributed by atoms with E-state index in [9.17, 15) is 0 Å². The molecule has 0 N–H and O–H groups in total. The largest absolute Gasteiger partial charge is 0.493 e. The molecule has 0 aliphatic carbocycles. The Morgan fingerprint density at radius 1 is 0.421 bits per heavy atom. The van der Waals surface area contributed by atoms with Crippen molar-refractivity contribution < 1.29 is 9.47 Å². The lowest BCUT2D eigenvalue weighted by atomic mass is 10.1. The van der Waals surface area contributed by atoms with Gasteiger partial charge in [-0.25, -0.2) is 0 Å². The van der Waals surface area contributed by atoms with Gasteiger partial charge in [0.15, 0.2) is 0 Å². The lowest BCUT2D eigenvalue weighted by Crippen LogP contribution is -2.01. The van der Waals surface area contributed by atoms with Crippen LogP contribution in [0.1, 0.15) is 174 Å². The predicted molar refractivity (Wildman–Crippen MR) is 169 cm³/mol. The van der Waals surface area contributed by atoms with Crippen LogP contribution in [0.2, 0.25) is 0 Å². The average molecular weight is 530 g/mol. The van der Waals surface area contributed by atoms with Crippen molar-refractivity contribution >= 4 is 0 Å². The van der Waals surface area contributed by atoms with Crippen LogP contribution < -0.4 is 9.47 Å². The van der Waals surface area contributed by atoms with Crippen LogP contribution >= 0.6 is 0 Å². The molecular weight excluding hydrogens is 464 g/mol. The summed E-state index contributed by atoms with van der Waals surface area (Å²) in [6.45, 7) is 10.2. The minimum atomic E-state index is 0.769. The van der Waals surface area contributed by atoms with E-state index in [4.69, 9.17) is 9.47 Å². The molecule has 0 saturated carbocycles. The Morgan fingerprint density at radius 3 is 1.00 bits per heavy atom. The van der Waals surface area contributed by atoms with Gasteiger partial charge in [0.25, 0.3) is 0 Å². The zero-order valence-corrected chi connectivity index (χ0v) is 25.8. The molecule has 0 spiro atoms. The Hall–Kier alpha value is -1.18. The maximum atomic E-state index is 6.09. The van der Waals surface area contributed by atoms with Gasteiger partial charge in [-0.3, -0.25) is 0 Å². The Bertz CT molecular complexity index is 563. The SMILES string of the molecule is [CH2]Cc1cc(OCCCCCCCCCCCCCC)cc(OCCCCCCCCCCCCCC)c1. The second kappa shape index (κ2) is 27.4. The van der Waals surface area contributed by atoms with Crippen molar-refractivity contribution in [2.45, 2.75) is 174 Å². The first-order valence-corrected chi connectivity index (χ1v) is 17.0. The number of benzene rings is 1. The first-order valence-electron chi connectivity index (χ1n) is 17.0. The van der Waals surface area contributed by atoms with Crippen LogP contribution in [0, 0.1) is 6.92 Å².